The first-order valence-corrected chi connectivity index (χ1v) is 10.9. The van der Waals surface area contributed by atoms with Crippen LogP contribution in [0.2, 0.25) is 0 Å². The number of amides is 1. The normalized spacial score (nSPS) is 13.3. The highest BCUT2D eigenvalue weighted by Crippen LogP contribution is 2.31. The van der Waals surface area contributed by atoms with E-state index < -0.39 is 0 Å². The van der Waals surface area contributed by atoms with Crippen LogP contribution in [0.5, 0.6) is 11.5 Å². The molecule has 7 heteroatoms. The summed E-state index contributed by atoms with van der Waals surface area (Å²) in [5, 5.41) is 5.30. The van der Waals surface area contributed by atoms with Crippen molar-refractivity contribution in [2.75, 3.05) is 19.8 Å². The first-order chi connectivity index (χ1) is 14.9. The van der Waals surface area contributed by atoms with Crippen molar-refractivity contribution in [3.63, 3.8) is 0 Å². The summed E-state index contributed by atoms with van der Waals surface area (Å²) in [6, 6.07) is 7.95. The van der Waals surface area contributed by atoms with E-state index >= 15 is 0 Å². The van der Waals surface area contributed by atoms with E-state index in [4.69, 9.17) is 14.5 Å². The van der Waals surface area contributed by atoms with Crippen LogP contribution in [0.1, 0.15) is 68.2 Å². The average molecular weight is 423 g/mol. The lowest BCUT2D eigenvalue weighted by atomic mass is 10.0. The van der Waals surface area contributed by atoms with Gasteiger partial charge in [-0.05, 0) is 50.5 Å². The molecular formula is C24H30N4O3. The lowest BCUT2D eigenvalue weighted by Gasteiger charge is -2.24. The fourth-order valence-corrected chi connectivity index (χ4v) is 3.79. The van der Waals surface area contributed by atoms with Crippen LogP contribution in [-0.2, 0) is 6.54 Å². The number of aromatic nitrogens is 3. The summed E-state index contributed by atoms with van der Waals surface area (Å²) in [6.07, 6.45) is 1.76. The summed E-state index contributed by atoms with van der Waals surface area (Å²) in [7, 11) is 0. The van der Waals surface area contributed by atoms with E-state index in [9.17, 15) is 4.79 Å². The lowest BCUT2D eigenvalue weighted by Crippen LogP contribution is -2.30. The molecule has 4 rings (SSSR count). The van der Waals surface area contributed by atoms with Gasteiger partial charge in [0.25, 0.3) is 5.91 Å². The summed E-state index contributed by atoms with van der Waals surface area (Å²) in [6.45, 7) is 12.5. The molecule has 1 aromatic carbocycles. The van der Waals surface area contributed by atoms with E-state index in [0.717, 1.165) is 33.8 Å². The summed E-state index contributed by atoms with van der Waals surface area (Å²) in [5.74, 6) is 1.68. The molecule has 1 aliphatic rings. The molecule has 0 saturated heterocycles. The van der Waals surface area contributed by atoms with Gasteiger partial charge in [-0.3, -0.25) is 4.79 Å². The summed E-state index contributed by atoms with van der Waals surface area (Å²) in [4.78, 5) is 20.3. The Labute approximate surface area is 183 Å². The molecule has 0 unspecified atom stereocenters. The van der Waals surface area contributed by atoms with E-state index in [0.29, 0.717) is 31.9 Å². The van der Waals surface area contributed by atoms with Gasteiger partial charge in [0.15, 0.2) is 17.1 Å². The highest BCUT2D eigenvalue weighted by molar-refractivity contribution is 6.05. The fourth-order valence-electron chi connectivity index (χ4n) is 3.79. The number of pyridine rings is 1. The first-order valence-electron chi connectivity index (χ1n) is 10.9. The Kier molecular flexibility index (Phi) is 5.85. The van der Waals surface area contributed by atoms with Crippen LogP contribution >= 0.6 is 0 Å². The van der Waals surface area contributed by atoms with Crippen molar-refractivity contribution in [3.8, 4) is 11.5 Å². The summed E-state index contributed by atoms with van der Waals surface area (Å²) < 4.78 is 13.2. The third kappa shape index (κ3) is 4.09. The van der Waals surface area contributed by atoms with E-state index in [2.05, 4.69) is 32.8 Å². The van der Waals surface area contributed by atoms with Gasteiger partial charge in [0.2, 0.25) is 0 Å². The number of hydrogen-bond acceptors (Lipinski definition) is 5. The molecular weight excluding hydrogens is 392 g/mol. The topological polar surface area (TPSA) is 69.5 Å². The standard InChI is InChI=1S/C24H30N4O3/c1-6-27(14-17-7-8-21-22(11-17)31-10-9-30-21)24(29)18-12-20(15(2)3)26-23-19(18)13-25-28(23)16(4)5/h7-8,11-13,15-16H,6,9-10,14H2,1-5H3. The Morgan fingerprint density at radius 1 is 1.13 bits per heavy atom. The molecule has 3 aromatic rings. The predicted octanol–water partition coefficient (Wildman–Crippen LogP) is 4.57. The van der Waals surface area contributed by atoms with Crippen LogP contribution in [0, 0.1) is 0 Å². The molecule has 0 atom stereocenters. The van der Waals surface area contributed by atoms with Crippen molar-refractivity contribution in [1.82, 2.24) is 19.7 Å². The highest BCUT2D eigenvalue weighted by Gasteiger charge is 2.23. The monoisotopic (exact) mass is 422 g/mol. The number of ether oxygens (including phenoxy) is 2. The van der Waals surface area contributed by atoms with Crippen molar-refractivity contribution in [2.24, 2.45) is 0 Å². The highest BCUT2D eigenvalue weighted by atomic mass is 16.6. The van der Waals surface area contributed by atoms with Crippen molar-refractivity contribution in [3.05, 3.63) is 47.3 Å². The molecule has 0 N–H and O–H groups in total. The largest absolute Gasteiger partial charge is 0.486 e. The third-order valence-corrected chi connectivity index (χ3v) is 5.55. The van der Waals surface area contributed by atoms with Crippen LogP contribution in [0.15, 0.2) is 30.5 Å². The van der Waals surface area contributed by atoms with Crippen molar-refractivity contribution < 1.29 is 14.3 Å². The maximum Gasteiger partial charge on any atom is 0.255 e. The molecule has 1 amide bonds. The third-order valence-electron chi connectivity index (χ3n) is 5.55. The Morgan fingerprint density at radius 2 is 1.87 bits per heavy atom. The molecule has 0 spiro atoms. The number of carbonyl (C=O) groups is 1. The van der Waals surface area contributed by atoms with Crippen molar-refractivity contribution in [1.29, 1.82) is 0 Å². The van der Waals surface area contributed by atoms with E-state index in [-0.39, 0.29) is 17.9 Å². The van der Waals surface area contributed by atoms with Gasteiger partial charge in [-0.1, -0.05) is 19.9 Å². The fraction of sp³-hybridized carbons (Fsp3) is 0.458. The number of rotatable bonds is 6. The molecule has 0 radical (unpaired) electrons. The van der Waals surface area contributed by atoms with Crippen molar-refractivity contribution >= 4 is 16.9 Å². The first kappa shape index (κ1) is 21.2. The summed E-state index contributed by atoms with van der Waals surface area (Å²) in [5.41, 5.74) is 3.32. The predicted molar refractivity (Wildman–Crippen MR) is 120 cm³/mol. The Morgan fingerprint density at radius 3 is 2.55 bits per heavy atom. The van der Waals surface area contributed by atoms with Crippen LogP contribution in [-0.4, -0.2) is 45.3 Å². The SMILES string of the molecule is CCN(Cc1ccc2c(c1)OCCO2)C(=O)c1cc(C(C)C)nc2c1cnn2C(C)C. The molecule has 0 fully saturated rings. The van der Waals surface area contributed by atoms with Crippen LogP contribution in [0.4, 0.5) is 0 Å². The maximum absolute atomic E-state index is 13.6. The smallest absolute Gasteiger partial charge is 0.255 e. The second kappa shape index (κ2) is 8.57. The molecule has 0 bridgehead atoms. The van der Waals surface area contributed by atoms with Crippen LogP contribution in [0.25, 0.3) is 11.0 Å². The Balaban J connectivity index is 1.70. The molecule has 2 aromatic heterocycles. The number of benzene rings is 1. The second-order valence-electron chi connectivity index (χ2n) is 8.47. The molecule has 0 aliphatic carbocycles. The van der Waals surface area contributed by atoms with Crippen LogP contribution in [0.3, 0.4) is 0 Å². The maximum atomic E-state index is 13.6. The number of hydrogen-bond donors (Lipinski definition) is 0. The minimum absolute atomic E-state index is 0.0185. The zero-order valence-corrected chi connectivity index (χ0v) is 18.9. The molecule has 0 saturated carbocycles. The Hall–Kier alpha value is -3.09. The Bertz CT molecular complexity index is 1100. The molecule has 164 valence electrons. The van der Waals surface area contributed by atoms with Gasteiger partial charge in [0.05, 0.1) is 17.1 Å². The number of nitrogens with zero attached hydrogens (tertiary/aromatic N) is 4. The molecule has 7 nitrogen and oxygen atoms in total. The number of carbonyl (C=O) groups excluding carboxylic acids is 1. The van der Waals surface area contributed by atoms with Gasteiger partial charge in [0.1, 0.15) is 13.2 Å². The van der Waals surface area contributed by atoms with Gasteiger partial charge < -0.3 is 14.4 Å². The summed E-state index contributed by atoms with van der Waals surface area (Å²) >= 11 is 0. The molecule has 3 heterocycles. The zero-order chi connectivity index (χ0) is 22.1. The lowest BCUT2D eigenvalue weighted by molar-refractivity contribution is 0.0754. The molecule has 1 aliphatic heterocycles. The van der Waals surface area contributed by atoms with Crippen molar-refractivity contribution in [2.45, 2.75) is 53.1 Å². The quantitative estimate of drug-likeness (QED) is 0.582. The number of fused-ring (bicyclic) bond motifs is 2. The minimum atomic E-state index is -0.0185. The van der Waals surface area contributed by atoms with E-state index in [1.165, 1.54) is 0 Å². The zero-order valence-electron chi connectivity index (χ0n) is 18.9. The van der Waals surface area contributed by atoms with Gasteiger partial charge in [-0.15, -0.1) is 0 Å². The van der Waals surface area contributed by atoms with E-state index in [1.807, 2.05) is 40.8 Å². The van der Waals surface area contributed by atoms with Crippen LogP contribution < -0.4 is 9.47 Å². The second-order valence-corrected chi connectivity index (χ2v) is 8.47. The van der Waals surface area contributed by atoms with E-state index in [1.54, 1.807) is 6.20 Å². The van der Waals surface area contributed by atoms with Gasteiger partial charge in [-0.25, -0.2) is 9.67 Å². The van der Waals surface area contributed by atoms with Gasteiger partial charge in [0, 0.05) is 24.8 Å². The van der Waals surface area contributed by atoms with Gasteiger partial charge >= 0.3 is 0 Å². The van der Waals surface area contributed by atoms with Gasteiger partial charge in [-0.2, -0.15) is 5.10 Å². The average Bonchev–Trinajstić information content (AvgIpc) is 3.20. The molecule has 31 heavy (non-hydrogen) atoms. The minimum Gasteiger partial charge on any atom is -0.486 e.